The fraction of sp³-hybridized carbons (Fsp3) is 0.613. The number of alkyl carbamates (subject to hydrolysis) is 1. The number of rotatable bonds is 3. The van der Waals surface area contributed by atoms with Gasteiger partial charge in [0.25, 0.3) is 0 Å². The molecule has 2 aliphatic heterocycles. The minimum Gasteiger partial charge on any atom is -0.479 e. The lowest BCUT2D eigenvalue weighted by molar-refractivity contribution is -0.145. The summed E-state index contributed by atoms with van der Waals surface area (Å²) in [5, 5.41) is 25.1. The Hall–Kier alpha value is -3.48. The molecule has 3 aliphatic rings. The number of carboxylic acids is 1. The van der Waals surface area contributed by atoms with Crippen LogP contribution in [0, 0.1) is 19.8 Å². The number of aromatic nitrogens is 3. The number of nitrogens with one attached hydrogen (secondary N) is 2. The van der Waals surface area contributed by atoms with E-state index in [0.717, 1.165) is 40.4 Å². The van der Waals surface area contributed by atoms with Crippen molar-refractivity contribution in [1.82, 2.24) is 30.5 Å². The molecule has 12 nitrogen and oxygen atoms in total. The smallest absolute Gasteiger partial charge is 0.408 e. The molecule has 3 heterocycles. The molecule has 2 aromatic rings. The third-order valence-corrected chi connectivity index (χ3v) is 9.67. The Kier molecular flexibility index (Phi) is 8.80. The molecule has 1 aromatic heterocycles. The molecule has 0 spiro atoms. The van der Waals surface area contributed by atoms with E-state index in [0.29, 0.717) is 18.4 Å². The van der Waals surface area contributed by atoms with E-state index >= 15 is 0 Å². The number of nitrogens with zero attached hydrogens (tertiary/aromatic N) is 4. The zero-order valence-electron chi connectivity index (χ0n) is 25.9. The van der Waals surface area contributed by atoms with Gasteiger partial charge in [-0.25, -0.2) is 9.59 Å². The number of carbonyl (C=O) groups excluding carboxylic acids is 3. The van der Waals surface area contributed by atoms with E-state index in [4.69, 9.17) is 14.9 Å². The summed E-state index contributed by atoms with van der Waals surface area (Å²) in [5.74, 6) is -2.39. The molecular weight excluding hydrogens is 632 g/mol. The highest BCUT2D eigenvalue weighted by atomic mass is 79.9. The predicted molar refractivity (Wildman–Crippen MR) is 166 cm³/mol. The summed E-state index contributed by atoms with van der Waals surface area (Å²) in [6.45, 7) is 9.31. The van der Waals surface area contributed by atoms with Gasteiger partial charge in [-0.1, -0.05) is 40.9 Å². The number of carbonyl (C=O) groups is 4. The summed E-state index contributed by atoms with van der Waals surface area (Å²) >= 11 is 3.58. The molecule has 0 radical (unpaired) electrons. The number of aryl methyl sites for hydroxylation is 1. The second-order valence-corrected chi connectivity index (χ2v) is 14.1. The number of aliphatic carboxylic acids is 1. The van der Waals surface area contributed by atoms with Crippen LogP contribution in [0.25, 0.3) is 11.0 Å². The van der Waals surface area contributed by atoms with Gasteiger partial charge < -0.3 is 25.4 Å². The zero-order valence-corrected chi connectivity index (χ0v) is 27.4. The van der Waals surface area contributed by atoms with E-state index in [-0.39, 0.29) is 25.3 Å². The Bertz CT molecular complexity index is 1520. The maximum atomic E-state index is 14.2. The van der Waals surface area contributed by atoms with E-state index in [1.807, 2.05) is 32.1 Å². The molecule has 0 unspecified atom stereocenters. The number of benzene rings is 1. The fourth-order valence-corrected chi connectivity index (χ4v) is 6.66. The lowest BCUT2D eigenvalue weighted by Gasteiger charge is -2.30. The second-order valence-electron chi connectivity index (χ2n) is 13.2. The highest BCUT2D eigenvalue weighted by Crippen LogP contribution is 2.45. The molecular formula is C31H41BrN6O6. The maximum absolute atomic E-state index is 14.2. The SMILES string of the molecule is Cc1c(Br)cc2nn([C@H]3C[C@H]4C(=O)N[C@@]5(C(=O)O)C[C@@H]5/C=C\CCCCC[C@@H](NC(=O)OC(C)(C)C)C(=O)N4C3)nc2c1C. The van der Waals surface area contributed by atoms with Crippen molar-refractivity contribution >= 4 is 50.8 Å². The average molecular weight is 674 g/mol. The number of allylic oxidation sites excluding steroid dienone is 1. The first kappa shape index (κ1) is 31.9. The zero-order chi connectivity index (χ0) is 32.0. The molecule has 238 valence electrons. The fourth-order valence-electron chi connectivity index (χ4n) is 6.14. The normalized spacial score (nSPS) is 28.7. The highest BCUT2D eigenvalue weighted by Gasteiger charge is 2.61. The second kappa shape index (κ2) is 12.1. The Morgan fingerprint density at radius 2 is 1.91 bits per heavy atom. The topological polar surface area (TPSA) is 156 Å². The molecule has 13 heteroatoms. The summed E-state index contributed by atoms with van der Waals surface area (Å²) in [6, 6.07) is -0.457. The maximum Gasteiger partial charge on any atom is 0.408 e. The number of carboxylic acid groups (broad SMARTS) is 1. The van der Waals surface area contributed by atoms with E-state index in [2.05, 4.69) is 26.6 Å². The van der Waals surface area contributed by atoms with Gasteiger partial charge in [0.2, 0.25) is 11.8 Å². The largest absolute Gasteiger partial charge is 0.479 e. The van der Waals surface area contributed by atoms with Gasteiger partial charge in [-0.3, -0.25) is 9.59 Å². The highest BCUT2D eigenvalue weighted by molar-refractivity contribution is 9.10. The molecule has 0 bridgehead atoms. The molecule has 5 atom stereocenters. The van der Waals surface area contributed by atoms with Crippen molar-refractivity contribution in [2.24, 2.45) is 5.92 Å². The van der Waals surface area contributed by atoms with Crippen LogP contribution in [0.4, 0.5) is 4.79 Å². The number of ether oxygens (including phenoxy) is 1. The molecule has 1 aliphatic carbocycles. The van der Waals surface area contributed by atoms with Crippen LogP contribution >= 0.6 is 15.9 Å². The van der Waals surface area contributed by atoms with E-state index in [9.17, 15) is 24.3 Å². The van der Waals surface area contributed by atoms with Crippen LogP contribution in [0.15, 0.2) is 22.7 Å². The van der Waals surface area contributed by atoms with Crippen LogP contribution in [-0.2, 0) is 19.1 Å². The lowest BCUT2D eigenvalue weighted by Crippen LogP contribution is -2.56. The van der Waals surface area contributed by atoms with Crippen molar-refractivity contribution in [1.29, 1.82) is 0 Å². The van der Waals surface area contributed by atoms with E-state index in [1.54, 1.807) is 25.6 Å². The van der Waals surface area contributed by atoms with Gasteiger partial charge in [0, 0.05) is 23.4 Å². The van der Waals surface area contributed by atoms with Crippen LogP contribution in [0.1, 0.15) is 82.9 Å². The molecule has 2 fully saturated rings. The van der Waals surface area contributed by atoms with Crippen molar-refractivity contribution in [3.63, 3.8) is 0 Å². The van der Waals surface area contributed by atoms with Crippen molar-refractivity contribution in [3.8, 4) is 0 Å². The predicted octanol–water partition coefficient (Wildman–Crippen LogP) is 4.33. The summed E-state index contributed by atoms with van der Waals surface area (Å²) in [6.07, 6.45) is 7.09. The molecule has 3 amide bonds. The van der Waals surface area contributed by atoms with E-state index < -0.39 is 53.1 Å². The first-order chi connectivity index (χ1) is 20.7. The molecule has 5 rings (SSSR count). The quantitative estimate of drug-likeness (QED) is 0.407. The molecule has 1 saturated heterocycles. The number of hydrogen-bond donors (Lipinski definition) is 3. The Balaban J connectivity index is 1.49. The van der Waals surface area contributed by atoms with Gasteiger partial charge in [0.1, 0.15) is 34.3 Å². The van der Waals surface area contributed by atoms with Gasteiger partial charge >= 0.3 is 12.1 Å². The molecule has 44 heavy (non-hydrogen) atoms. The van der Waals surface area contributed by atoms with Crippen LogP contribution in [-0.4, -0.2) is 78.6 Å². The molecule has 1 saturated carbocycles. The van der Waals surface area contributed by atoms with Crippen LogP contribution in [0.3, 0.4) is 0 Å². The van der Waals surface area contributed by atoms with E-state index in [1.165, 1.54) is 4.90 Å². The van der Waals surface area contributed by atoms with Gasteiger partial charge in [-0.2, -0.15) is 15.0 Å². The third kappa shape index (κ3) is 6.47. The third-order valence-electron chi connectivity index (χ3n) is 8.85. The summed E-state index contributed by atoms with van der Waals surface area (Å²) < 4.78 is 6.37. The lowest BCUT2D eigenvalue weighted by atomic mass is 10.0. The van der Waals surface area contributed by atoms with Crippen molar-refractivity contribution in [3.05, 3.63) is 33.8 Å². The monoisotopic (exact) mass is 672 g/mol. The Morgan fingerprint density at radius 1 is 1.16 bits per heavy atom. The van der Waals surface area contributed by atoms with Gasteiger partial charge in [-0.05, 0) is 77.5 Å². The first-order valence-corrected chi connectivity index (χ1v) is 16.0. The minimum absolute atomic E-state index is 0.118. The summed E-state index contributed by atoms with van der Waals surface area (Å²) in [4.78, 5) is 56.2. The number of hydrogen-bond acceptors (Lipinski definition) is 7. The average Bonchev–Trinajstić information content (AvgIpc) is 3.25. The standard InChI is InChI=1S/C31H41BrN6O6/c1-17-18(2)25-23(14-21(17)32)35-38(36-25)20-13-24-26(39)34-31(28(41)42)15-19(31)11-9-7-6-8-10-12-22(27(40)37(24)16-20)33-29(43)44-30(3,4)5/h9,11,14,19-20,22,24H,6-8,10,12-13,15-16H2,1-5H3,(H,33,43)(H,34,39)(H,41,42)/b11-9-/t19-,20-,22+,24-,31-/m0/s1. The Morgan fingerprint density at radius 3 is 2.61 bits per heavy atom. The van der Waals surface area contributed by atoms with Crippen molar-refractivity contribution in [2.75, 3.05) is 6.54 Å². The summed E-state index contributed by atoms with van der Waals surface area (Å²) in [7, 11) is 0. The summed E-state index contributed by atoms with van der Waals surface area (Å²) in [5.41, 5.74) is 1.26. The Labute approximate surface area is 265 Å². The van der Waals surface area contributed by atoms with Gasteiger partial charge in [0.05, 0.1) is 6.04 Å². The van der Waals surface area contributed by atoms with Crippen molar-refractivity contribution < 1.29 is 29.0 Å². The number of amides is 3. The minimum atomic E-state index is -1.41. The van der Waals surface area contributed by atoms with Crippen LogP contribution in [0.5, 0.6) is 0 Å². The van der Waals surface area contributed by atoms with Crippen LogP contribution in [0.2, 0.25) is 0 Å². The number of fused-ring (bicyclic) bond motifs is 3. The number of halogens is 1. The van der Waals surface area contributed by atoms with Gasteiger partial charge in [0.15, 0.2) is 0 Å². The molecule has 3 N–H and O–H groups in total. The van der Waals surface area contributed by atoms with Crippen LogP contribution < -0.4 is 10.6 Å². The van der Waals surface area contributed by atoms with Crippen molar-refractivity contribution in [2.45, 2.75) is 109 Å². The molecule has 1 aromatic carbocycles. The van der Waals surface area contributed by atoms with Gasteiger partial charge in [-0.15, -0.1) is 0 Å². The first-order valence-electron chi connectivity index (χ1n) is 15.2.